The standard InChI is InChI=1S/C35H53N3/c1-3-5-7-9-11-12-13-15-17-30-18-20-31(21-19-30)33-27-37-34(38-28-33)32-22-25-35(29-36,26-23-32)24-16-14-10-8-6-4-2/h18-21,27-28,32H,3-17,22-26H2,1-2H3. The minimum Gasteiger partial charge on any atom is -0.240 e. The predicted molar refractivity (Wildman–Crippen MR) is 161 cm³/mol. The average Bonchev–Trinajstić information content (AvgIpc) is 2.97. The molecule has 3 nitrogen and oxygen atoms in total. The molecule has 0 atom stereocenters. The lowest BCUT2D eigenvalue weighted by atomic mass is 9.68. The van der Waals surface area contributed by atoms with Gasteiger partial charge in [-0.15, -0.1) is 0 Å². The van der Waals surface area contributed by atoms with Gasteiger partial charge >= 0.3 is 0 Å². The van der Waals surface area contributed by atoms with Gasteiger partial charge in [-0.3, -0.25) is 0 Å². The number of unbranched alkanes of at least 4 members (excludes halogenated alkanes) is 12. The van der Waals surface area contributed by atoms with Crippen LogP contribution in [0.3, 0.4) is 0 Å². The first-order valence-corrected chi connectivity index (χ1v) is 16.0. The summed E-state index contributed by atoms with van der Waals surface area (Å²) in [6.45, 7) is 4.54. The molecule has 1 fully saturated rings. The lowest BCUT2D eigenvalue weighted by Crippen LogP contribution is -2.26. The van der Waals surface area contributed by atoms with E-state index in [0.29, 0.717) is 5.92 Å². The van der Waals surface area contributed by atoms with Crippen LogP contribution >= 0.6 is 0 Å². The van der Waals surface area contributed by atoms with Crippen LogP contribution in [-0.4, -0.2) is 9.97 Å². The van der Waals surface area contributed by atoms with Crippen molar-refractivity contribution in [1.82, 2.24) is 9.97 Å². The van der Waals surface area contributed by atoms with E-state index >= 15 is 0 Å². The molecule has 1 saturated carbocycles. The summed E-state index contributed by atoms with van der Waals surface area (Å²) in [5.41, 5.74) is 3.61. The predicted octanol–water partition coefficient (Wildman–Crippen LogP) is 10.7. The van der Waals surface area contributed by atoms with Crippen molar-refractivity contribution in [3.05, 3.63) is 48.0 Å². The van der Waals surface area contributed by atoms with Crippen LogP contribution in [0.15, 0.2) is 36.7 Å². The maximum absolute atomic E-state index is 9.95. The van der Waals surface area contributed by atoms with Gasteiger partial charge in [-0.05, 0) is 56.1 Å². The molecule has 0 saturated heterocycles. The lowest BCUT2D eigenvalue weighted by molar-refractivity contribution is 0.219. The van der Waals surface area contributed by atoms with Crippen molar-refractivity contribution < 1.29 is 0 Å². The van der Waals surface area contributed by atoms with Gasteiger partial charge in [-0.25, -0.2) is 9.97 Å². The van der Waals surface area contributed by atoms with E-state index in [-0.39, 0.29) is 5.41 Å². The van der Waals surface area contributed by atoms with Gasteiger partial charge in [0.25, 0.3) is 0 Å². The van der Waals surface area contributed by atoms with E-state index < -0.39 is 0 Å². The maximum atomic E-state index is 9.95. The van der Waals surface area contributed by atoms with Gasteiger partial charge in [0, 0.05) is 23.9 Å². The highest BCUT2D eigenvalue weighted by Crippen LogP contribution is 2.45. The molecule has 0 N–H and O–H groups in total. The normalized spacial score (nSPS) is 19.3. The summed E-state index contributed by atoms with van der Waals surface area (Å²) in [4.78, 5) is 9.56. The van der Waals surface area contributed by atoms with Gasteiger partial charge in [-0.2, -0.15) is 5.26 Å². The monoisotopic (exact) mass is 515 g/mol. The first-order chi connectivity index (χ1) is 18.7. The van der Waals surface area contributed by atoms with Crippen LogP contribution in [0.4, 0.5) is 0 Å². The second kappa shape index (κ2) is 17.4. The molecule has 0 amide bonds. The number of aryl methyl sites for hydroxylation is 1. The van der Waals surface area contributed by atoms with Crippen LogP contribution in [0.25, 0.3) is 11.1 Å². The van der Waals surface area contributed by atoms with Gasteiger partial charge in [0.2, 0.25) is 0 Å². The molecule has 1 aromatic carbocycles. The smallest absolute Gasteiger partial charge is 0.131 e. The Morgan fingerprint density at radius 3 is 1.79 bits per heavy atom. The zero-order valence-corrected chi connectivity index (χ0v) is 24.5. The zero-order valence-electron chi connectivity index (χ0n) is 24.5. The summed E-state index contributed by atoms with van der Waals surface area (Å²) in [5.74, 6) is 1.36. The number of hydrogen-bond donors (Lipinski definition) is 0. The highest BCUT2D eigenvalue weighted by molar-refractivity contribution is 5.61. The van der Waals surface area contributed by atoms with E-state index in [1.54, 1.807) is 0 Å². The molecule has 0 bridgehead atoms. The van der Waals surface area contributed by atoms with Crippen LogP contribution < -0.4 is 0 Å². The van der Waals surface area contributed by atoms with Crippen molar-refractivity contribution in [2.75, 3.05) is 0 Å². The topological polar surface area (TPSA) is 49.6 Å². The van der Waals surface area contributed by atoms with Gasteiger partial charge in [-0.1, -0.05) is 122 Å². The van der Waals surface area contributed by atoms with Crippen molar-refractivity contribution in [1.29, 1.82) is 5.26 Å². The third-order valence-corrected chi connectivity index (χ3v) is 8.83. The molecule has 3 heteroatoms. The largest absolute Gasteiger partial charge is 0.240 e. The maximum Gasteiger partial charge on any atom is 0.131 e. The van der Waals surface area contributed by atoms with E-state index in [0.717, 1.165) is 43.5 Å². The summed E-state index contributed by atoms with van der Waals surface area (Å²) in [6.07, 6.45) is 29.0. The van der Waals surface area contributed by atoms with Crippen molar-refractivity contribution in [2.45, 2.75) is 148 Å². The Bertz CT molecular complexity index is 917. The second-order valence-electron chi connectivity index (χ2n) is 11.9. The fourth-order valence-electron chi connectivity index (χ4n) is 6.11. The van der Waals surface area contributed by atoms with Crippen LogP contribution in [0.2, 0.25) is 0 Å². The van der Waals surface area contributed by atoms with E-state index in [1.807, 2.05) is 12.4 Å². The second-order valence-corrected chi connectivity index (χ2v) is 11.9. The van der Waals surface area contributed by atoms with Crippen molar-refractivity contribution in [3.63, 3.8) is 0 Å². The fourth-order valence-corrected chi connectivity index (χ4v) is 6.11. The molecule has 208 valence electrons. The first kappa shape index (κ1) is 30.3. The summed E-state index contributed by atoms with van der Waals surface area (Å²) in [5, 5.41) is 9.95. The van der Waals surface area contributed by atoms with E-state index in [2.05, 4.69) is 44.2 Å². The molecule has 2 aromatic rings. The number of benzene rings is 1. The number of aromatic nitrogens is 2. The molecule has 1 aromatic heterocycles. The number of hydrogen-bond acceptors (Lipinski definition) is 3. The third kappa shape index (κ3) is 10.2. The Morgan fingerprint density at radius 1 is 0.711 bits per heavy atom. The van der Waals surface area contributed by atoms with E-state index in [1.165, 1.54) is 107 Å². The Kier molecular flexibility index (Phi) is 13.9. The molecule has 1 aliphatic rings. The van der Waals surface area contributed by atoms with Gasteiger partial charge in [0.05, 0.1) is 11.5 Å². The van der Waals surface area contributed by atoms with E-state index in [4.69, 9.17) is 9.97 Å². The zero-order chi connectivity index (χ0) is 26.9. The van der Waals surface area contributed by atoms with Gasteiger partial charge in [0.1, 0.15) is 5.82 Å². The SMILES string of the molecule is CCCCCCCCCCc1ccc(-c2cnc(C3CCC(C#N)(CCCCCCCC)CC3)nc2)cc1. The number of nitrogens with zero attached hydrogens (tertiary/aromatic N) is 3. The number of rotatable bonds is 18. The Morgan fingerprint density at radius 2 is 1.24 bits per heavy atom. The summed E-state index contributed by atoms with van der Waals surface area (Å²) >= 11 is 0. The third-order valence-electron chi connectivity index (χ3n) is 8.83. The van der Waals surface area contributed by atoms with E-state index in [9.17, 15) is 5.26 Å². The van der Waals surface area contributed by atoms with Gasteiger partial charge < -0.3 is 0 Å². The number of nitriles is 1. The Balaban J connectivity index is 1.40. The Labute approximate surface area is 233 Å². The molecular weight excluding hydrogens is 462 g/mol. The molecule has 0 aliphatic heterocycles. The van der Waals surface area contributed by atoms with Crippen LogP contribution in [-0.2, 0) is 6.42 Å². The van der Waals surface area contributed by atoms with Crippen LogP contribution in [0, 0.1) is 16.7 Å². The molecule has 38 heavy (non-hydrogen) atoms. The van der Waals surface area contributed by atoms with Crippen LogP contribution in [0.5, 0.6) is 0 Å². The van der Waals surface area contributed by atoms with Gasteiger partial charge in [0.15, 0.2) is 0 Å². The summed E-state index contributed by atoms with van der Waals surface area (Å²) in [6, 6.07) is 11.7. The fraction of sp³-hybridized carbons (Fsp3) is 0.686. The minimum atomic E-state index is -0.114. The first-order valence-electron chi connectivity index (χ1n) is 16.0. The molecule has 0 radical (unpaired) electrons. The minimum absolute atomic E-state index is 0.114. The van der Waals surface area contributed by atoms with Crippen molar-refractivity contribution >= 4 is 0 Å². The molecule has 0 spiro atoms. The molecular formula is C35H53N3. The highest BCUT2D eigenvalue weighted by atomic mass is 14.9. The lowest BCUT2D eigenvalue weighted by Gasteiger charge is -2.34. The summed E-state index contributed by atoms with van der Waals surface area (Å²) < 4.78 is 0. The Hall–Kier alpha value is -2.21. The molecule has 0 unspecified atom stereocenters. The molecule has 1 heterocycles. The van der Waals surface area contributed by atoms with Crippen molar-refractivity contribution in [3.8, 4) is 17.2 Å². The average molecular weight is 516 g/mol. The quantitative estimate of drug-likeness (QED) is 0.185. The highest BCUT2D eigenvalue weighted by Gasteiger charge is 2.36. The van der Waals surface area contributed by atoms with Crippen molar-refractivity contribution in [2.24, 2.45) is 5.41 Å². The van der Waals surface area contributed by atoms with Crippen LogP contribution in [0.1, 0.15) is 153 Å². The molecule has 3 rings (SSSR count). The summed E-state index contributed by atoms with van der Waals surface area (Å²) in [7, 11) is 0. The molecule has 1 aliphatic carbocycles.